The van der Waals surface area contributed by atoms with Gasteiger partial charge in [-0.25, -0.2) is 4.68 Å². The molecule has 6 nitrogen and oxygen atoms in total. The Balaban J connectivity index is 1.87. The van der Waals surface area contributed by atoms with Gasteiger partial charge in [-0.15, -0.1) is 11.3 Å². The Morgan fingerprint density at radius 1 is 1.33 bits per heavy atom. The fraction of sp³-hybridized carbons (Fsp3) is 0.471. The van der Waals surface area contributed by atoms with Gasteiger partial charge in [0.25, 0.3) is 5.56 Å². The molecule has 1 aliphatic heterocycles. The lowest BCUT2D eigenvalue weighted by Gasteiger charge is -2.29. The molecule has 0 aliphatic carbocycles. The van der Waals surface area contributed by atoms with E-state index < -0.39 is 0 Å². The third-order valence-electron chi connectivity index (χ3n) is 4.18. The number of aromatic nitrogens is 2. The van der Waals surface area contributed by atoms with Gasteiger partial charge in [-0.3, -0.25) is 9.59 Å². The summed E-state index contributed by atoms with van der Waals surface area (Å²) < 4.78 is 1.44. The predicted molar refractivity (Wildman–Crippen MR) is 96.9 cm³/mol. The predicted octanol–water partition coefficient (Wildman–Crippen LogP) is 2.50. The molecule has 128 valence electrons. The number of aryl methyl sites for hydroxylation is 1. The molecule has 0 aromatic carbocycles. The van der Waals surface area contributed by atoms with Gasteiger partial charge in [-0.1, -0.05) is 6.07 Å². The molecule has 0 bridgehead atoms. The Labute approximate surface area is 145 Å². The number of nitrogens with one attached hydrogen (secondary N) is 1. The van der Waals surface area contributed by atoms with E-state index in [1.54, 1.807) is 17.5 Å². The minimum absolute atomic E-state index is 0.119. The van der Waals surface area contributed by atoms with Crippen LogP contribution in [0.5, 0.6) is 0 Å². The van der Waals surface area contributed by atoms with Crippen LogP contribution in [0.3, 0.4) is 0 Å². The first-order valence-corrected chi connectivity index (χ1v) is 9.24. The molecule has 24 heavy (non-hydrogen) atoms. The van der Waals surface area contributed by atoms with Crippen LogP contribution in [0.4, 0.5) is 11.4 Å². The van der Waals surface area contributed by atoms with E-state index in [0.29, 0.717) is 24.3 Å². The van der Waals surface area contributed by atoms with Crippen molar-refractivity contribution in [2.75, 3.05) is 23.3 Å². The molecule has 7 heteroatoms. The Morgan fingerprint density at radius 3 is 2.79 bits per heavy atom. The van der Waals surface area contributed by atoms with Crippen molar-refractivity contribution in [2.24, 2.45) is 0 Å². The summed E-state index contributed by atoms with van der Waals surface area (Å²) in [4.78, 5) is 28.1. The van der Waals surface area contributed by atoms with E-state index in [1.807, 2.05) is 24.4 Å². The summed E-state index contributed by atoms with van der Waals surface area (Å²) in [5.74, 6) is -0.119. The summed E-state index contributed by atoms with van der Waals surface area (Å²) in [6, 6.07) is 3.86. The summed E-state index contributed by atoms with van der Waals surface area (Å²) in [7, 11) is 0. The minimum Gasteiger partial charge on any atom is -0.365 e. The zero-order valence-electron chi connectivity index (χ0n) is 13.8. The van der Waals surface area contributed by atoms with Crippen molar-refractivity contribution in [3.8, 4) is 0 Å². The van der Waals surface area contributed by atoms with Crippen molar-refractivity contribution < 1.29 is 4.79 Å². The maximum absolute atomic E-state index is 12.7. The van der Waals surface area contributed by atoms with Crippen LogP contribution in [0, 0.1) is 0 Å². The molecular weight excluding hydrogens is 324 g/mol. The second-order valence-electron chi connectivity index (χ2n) is 5.88. The molecule has 0 radical (unpaired) electrons. The number of carbonyl (C=O) groups is 1. The molecule has 3 heterocycles. The van der Waals surface area contributed by atoms with Gasteiger partial charge in [-0.2, -0.15) is 5.10 Å². The van der Waals surface area contributed by atoms with Crippen molar-refractivity contribution in [3.05, 3.63) is 38.9 Å². The second kappa shape index (κ2) is 7.61. The highest BCUT2D eigenvalue weighted by atomic mass is 32.1. The molecule has 1 saturated heterocycles. The number of anilines is 2. The van der Waals surface area contributed by atoms with Crippen molar-refractivity contribution >= 4 is 28.6 Å². The number of amides is 1. The van der Waals surface area contributed by atoms with Crippen molar-refractivity contribution in [2.45, 2.75) is 39.2 Å². The third-order valence-corrected chi connectivity index (χ3v) is 5.06. The maximum atomic E-state index is 12.7. The Morgan fingerprint density at radius 2 is 2.12 bits per heavy atom. The van der Waals surface area contributed by atoms with Crippen molar-refractivity contribution in [3.63, 3.8) is 0 Å². The van der Waals surface area contributed by atoms with Gasteiger partial charge < -0.3 is 10.2 Å². The maximum Gasteiger partial charge on any atom is 0.292 e. The fourth-order valence-electron chi connectivity index (χ4n) is 2.98. The molecule has 3 rings (SSSR count). The van der Waals surface area contributed by atoms with E-state index in [9.17, 15) is 9.59 Å². The lowest BCUT2D eigenvalue weighted by Crippen LogP contribution is -2.37. The molecule has 0 saturated carbocycles. The quantitative estimate of drug-likeness (QED) is 0.903. The Bertz CT molecular complexity index is 748. The van der Waals surface area contributed by atoms with Crippen LogP contribution in [0.2, 0.25) is 0 Å². The van der Waals surface area contributed by atoms with E-state index >= 15 is 0 Å². The van der Waals surface area contributed by atoms with Gasteiger partial charge in [0.05, 0.1) is 18.3 Å². The lowest BCUT2D eigenvalue weighted by atomic mass is 10.1. The zero-order valence-corrected chi connectivity index (χ0v) is 14.6. The second-order valence-corrected chi connectivity index (χ2v) is 6.91. The third kappa shape index (κ3) is 3.67. The topological polar surface area (TPSA) is 67.2 Å². The molecule has 2 aromatic heterocycles. The molecule has 1 amide bonds. The molecule has 2 aromatic rings. The van der Waals surface area contributed by atoms with Gasteiger partial charge >= 0.3 is 0 Å². The molecule has 1 N–H and O–H groups in total. The molecule has 1 fully saturated rings. The first-order valence-electron chi connectivity index (χ1n) is 8.36. The van der Waals surface area contributed by atoms with Crippen LogP contribution in [-0.2, 0) is 17.8 Å². The average molecular weight is 346 g/mol. The van der Waals surface area contributed by atoms with Crippen LogP contribution in [0.25, 0.3) is 0 Å². The number of nitrogens with zero attached hydrogens (tertiary/aromatic N) is 3. The zero-order chi connectivity index (χ0) is 16.9. The fourth-order valence-corrected chi connectivity index (χ4v) is 3.69. The summed E-state index contributed by atoms with van der Waals surface area (Å²) in [6.07, 6.45) is 5.23. The summed E-state index contributed by atoms with van der Waals surface area (Å²) >= 11 is 1.55. The molecule has 0 atom stereocenters. The Kier molecular flexibility index (Phi) is 5.30. The normalized spacial score (nSPS) is 14.6. The SMILES string of the molecule is CCn1ncc(NC(=O)Cc2cccs2)c(N2CCCCC2)c1=O. The number of thiophene rings is 1. The summed E-state index contributed by atoms with van der Waals surface area (Å²) in [5.41, 5.74) is 0.965. The van der Waals surface area contributed by atoms with Crippen molar-refractivity contribution in [1.82, 2.24) is 9.78 Å². The van der Waals surface area contributed by atoms with Crippen LogP contribution in [-0.4, -0.2) is 28.8 Å². The largest absolute Gasteiger partial charge is 0.365 e. The van der Waals surface area contributed by atoms with Crippen molar-refractivity contribution in [1.29, 1.82) is 0 Å². The van der Waals surface area contributed by atoms with E-state index in [0.717, 1.165) is 30.8 Å². The van der Waals surface area contributed by atoms with Gasteiger partial charge in [-0.05, 0) is 37.6 Å². The first kappa shape index (κ1) is 16.7. The highest BCUT2D eigenvalue weighted by molar-refractivity contribution is 7.10. The van der Waals surface area contributed by atoms with E-state index in [4.69, 9.17) is 0 Å². The van der Waals surface area contributed by atoms with E-state index in [1.165, 1.54) is 11.1 Å². The first-order chi connectivity index (χ1) is 11.7. The van der Waals surface area contributed by atoms with Crippen LogP contribution in [0.15, 0.2) is 28.5 Å². The summed E-state index contributed by atoms with van der Waals surface area (Å²) in [5, 5.41) is 9.01. The summed E-state index contributed by atoms with van der Waals surface area (Å²) in [6.45, 7) is 4.10. The molecule has 1 aliphatic rings. The highest BCUT2D eigenvalue weighted by Crippen LogP contribution is 2.24. The van der Waals surface area contributed by atoms with Crippen LogP contribution >= 0.6 is 11.3 Å². The van der Waals surface area contributed by atoms with Crippen LogP contribution in [0.1, 0.15) is 31.1 Å². The molecular formula is C17H22N4O2S. The van der Waals surface area contributed by atoms with Gasteiger partial charge in [0.1, 0.15) is 5.69 Å². The smallest absolute Gasteiger partial charge is 0.292 e. The average Bonchev–Trinajstić information content (AvgIpc) is 3.09. The highest BCUT2D eigenvalue weighted by Gasteiger charge is 2.21. The van der Waals surface area contributed by atoms with E-state index in [-0.39, 0.29) is 11.5 Å². The standard InChI is InChI=1S/C17H22N4O2S/c1-2-21-17(23)16(20-8-4-3-5-9-20)14(12-18-21)19-15(22)11-13-7-6-10-24-13/h6-7,10,12H,2-5,8-9,11H2,1H3,(H,19,22). The molecule has 0 spiro atoms. The monoisotopic (exact) mass is 346 g/mol. The van der Waals surface area contributed by atoms with Gasteiger partial charge in [0.2, 0.25) is 5.91 Å². The lowest BCUT2D eigenvalue weighted by molar-refractivity contribution is -0.115. The van der Waals surface area contributed by atoms with E-state index in [2.05, 4.69) is 15.3 Å². The molecule has 0 unspecified atom stereocenters. The number of hydrogen-bond acceptors (Lipinski definition) is 5. The number of rotatable bonds is 5. The number of carbonyl (C=O) groups excluding carboxylic acids is 1. The van der Waals surface area contributed by atoms with Gasteiger partial charge in [0.15, 0.2) is 0 Å². The van der Waals surface area contributed by atoms with Gasteiger partial charge in [0, 0.05) is 24.5 Å². The number of piperidine rings is 1. The Hall–Kier alpha value is -2.15. The minimum atomic E-state index is -0.131. The van der Waals surface area contributed by atoms with Crippen LogP contribution < -0.4 is 15.8 Å². The number of hydrogen-bond donors (Lipinski definition) is 1.